The molecule has 0 aromatic carbocycles. The van der Waals surface area contributed by atoms with E-state index in [4.69, 9.17) is 0 Å². The van der Waals surface area contributed by atoms with Gasteiger partial charge in [0.25, 0.3) is 11.5 Å². The summed E-state index contributed by atoms with van der Waals surface area (Å²) in [5, 5.41) is 4.09. The number of hydrogen-bond acceptors (Lipinski definition) is 3. The lowest BCUT2D eigenvalue weighted by molar-refractivity contribution is 0.0787. The molecule has 0 unspecified atom stereocenters. The Hall–Kier alpha value is -2.37. The van der Waals surface area contributed by atoms with E-state index in [0.717, 1.165) is 17.7 Å². The quantitative estimate of drug-likeness (QED) is 0.899. The first-order valence-electron chi connectivity index (χ1n) is 6.98. The average molecular weight is 288 g/mol. The van der Waals surface area contributed by atoms with E-state index in [1.807, 2.05) is 26.1 Å². The molecular weight excluding hydrogens is 268 g/mol. The molecule has 0 bridgehead atoms. The second-order valence-corrected chi connectivity index (χ2v) is 5.02. The molecule has 0 aliphatic rings. The van der Waals surface area contributed by atoms with Crippen molar-refractivity contribution in [2.75, 3.05) is 13.6 Å². The molecule has 0 saturated heterocycles. The largest absolute Gasteiger partial charge is 0.340 e. The summed E-state index contributed by atoms with van der Waals surface area (Å²) >= 11 is 0. The maximum Gasteiger partial charge on any atom is 0.261 e. The minimum Gasteiger partial charge on any atom is -0.340 e. The van der Waals surface area contributed by atoms with Gasteiger partial charge >= 0.3 is 0 Å². The normalized spacial score (nSPS) is 10.6. The summed E-state index contributed by atoms with van der Waals surface area (Å²) in [7, 11) is 1.69. The number of aromatic nitrogens is 3. The van der Waals surface area contributed by atoms with Crippen molar-refractivity contribution >= 4 is 5.91 Å². The van der Waals surface area contributed by atoms with Crippen molar-refractivity contribution in [1.82, 2.24) is 19.7 Å². The molecule has 112 valence electrons. The third kappa shape index (κ3) is 3.39. The second-order valence-electron chi connectivity index (χ2n) is 5.02. The van der Waals surface area contributed by atoms with Gasteiger partial charge in [0.1, 0.15) is 5.56 Å². The first-order valence-corrected chi connectivity index (χ1v) is 6.98. The molecule has 2 rings (SSSR count). The topological polar surface area (TPSA) is 71.0 Å². The Balaban J connectivity index is 2.12. The Kier molecular flexibility index (Phi) is 4.57. The van der Waals surface area contributed by atoms with Crippen molar-refractivity contribution in [2.24, 2.45) is 0 Å². The van der Waals surface area contributed by atoms with Gasteiger partial charge < -0.3 is 9.88 Å². The van der Waals surface area contributed by atoms with Crippen LogP contribution in [0.3, 0.4) is 0 Å². The minimum absolute atomic E-state index is 0.188. The number of hydrogen-bond donors (Lipinski definition) is 1. The zero-order valence-electron chi connectivity index (χ0n) is 12.6. The van der Waals surface area contributed by atoms with Crippen LogP contribution in [0.4, 0.5) is 0 Å². The Morgan fingerprint density at radius 1 is 1.48 bits per heavy atom. The molecule has 1 N–H and O–H groups in total. The van der Waals surface area contributed by atoms with Crippen LogP contribution in [0.1, 0.15) is 28.5 Å². The van der Waals surface area contributed by atoms with Crippen molar-refractivity contribution in [2.45, 2.75) is 26.8 Å². The van der Waals surface area contributed by atoms with Crippen molar-refractivity contribution in [1.29, 1.82) is 0 Å². The first-order chi connectivity index (χ1) is 10.0. The second kappa shape index (κ2) is 6.39. The Morgan fingerprint density at radius 3 is 2.86 bits per heavy atom. The molecule has 0 atom stereocenters. The van der Waals surface area contributed by atoms with Crippen LogP contribution in [0, 0.1) is 6.92 Å². The highest BCUT2D eigenvalue weighted by atomic mass is 16.2. The van der Waals surface area contributed by atoms with Crippen LogP contribution < -0.4 is 5.56 Å². The Labute approximate surface area is 123 Å². The monoisotopic (exact) mass is 288 g/mol. The van der Waals surface area contributed by atoms with Crippen molar-refractivity contribution in [3.63, 3.8) is 0 Å². The predicted octanol–water partition coefficient (Wildman–Crippen LogP) is 1.21. The van der Waals surface area contributed by atoms with Gasteiger partial charge in [-0.2, -0.15) is 5.10 Å². The van der Waals surface area contributed by atoms with E-state index in [1.165, 1.54) is 4.90 Å². The van der Waals surface area contributed by atoms with Crippen LogP contribution in [0.5, 0.6) is 0 Å². The number of carbonyl (C=O) groups excluding carboxylic acids is 1. The van der Waals surface area contributed by atoms with Gasteiger partial charge in [0, 0.05) is 31.7 Å². The summed E-state index contributed by atoms with van der Waals surface area (Å²) in [4.78, 5) is 28.7. The molecule has 0 aliphatic carbocycles. The molecule has 6 heteroatoms. The summed E-state index contributed by atoms with van der Waals surface area (Å²) < 4.78 is 1.75. The highest BCUT2D eigenvalue weighted by Gasteiger charge is 2.16. The SMILES string of the molecule is CCc1[nH]c(=O)c(C(=O)N(C)CCn2cccn2)cc1C. The molecule has 2 heterocycles. The lowest BCUT2D eigenvalue weighted by Gasteiger charge is -2.17. The Morgan fingerprint density at radius 2 is 2.24 bits per heavy atom. The van der Waals surface area contributed by atoms with Gasteiger partial charge in [-0.3, -0.25) is 14.3 Å². The van der Waals surface area contributed by atoms with Crippen LogP contribution in [-0.4, -0.2) is 39.2 Å². The molecule has 2 aromatic heterocycles. The summed E-state index contributed by atoms with van der Waals surface area (Å²) in [5.74, 6) is -0.269. The van der Waals surface area contributed by atoms with Crippen LogP contribution in [0.15, 0.2) is 29.3 Å². The van der Waals surface area contributed by atoms with Gasteiger partial charge in [0.15, 0.2) is 0 Å². The number of amides is 1. The number of nitrogens with one attached hydrogen (secondary N) is 1. The van der Waals surface area contributed by atoms with E-state index in [0.29, 0.717) is 13.1 Å². The van der Waals surface area contributed by atoms with Gasteiger partial charge in [-0.1, -0.05) is 6.92 Å². The fourth-order valence-electron chi connectivity index (χ4n) is 2.19. The first kappa shape index (κ1) is 15.0. The van der Waals surface area contributed by atoms with E-state index < -0.39 is 0 Å². The van der Waals surface area contributed by atoms with E-state index in [1.54, 1.807) is 24.0 Å². The molecule has 21 heavy (non-hydrogen) atoms. The van der Waals surface area contributed by atoms with E-state index in [2.05, 4.69) is 10.1 Å². The average Bonchev–Trinajstić information content (AvgIpc) is 2.99. The van der Waals surface area contributed by atoms with Gasteiger partial charge in [-0.15, -0.1) is 0 Å². The lowest BCUT2D eigenvalue weighted by Crippen LogP contribution is -2.34. The number of likely N-dealkylation sites (N-methyl/N-ethyl adjacent to an activating group) is 1. The number of rotatable bonds is 5. The van der Waals surface area contributed by atoms with E-state index in [9.17, 15) is 9.59 Å². The molecular formula is C15H20N4O2. The number of pyridine rings is 1. The lowest BCUT2D eigenvalue weighted by atomic mass is 10.1. The fourth-order valence-corrected chi connectivity index (χ4v) is 2.19. The highest BCUT2D eigenvalue weighted by molar-refractivity contribution is 5.93. The van der Waals surface area contributed by atoms with E-state index in [-0.39, 0.29) is 17.0 Å². The smallest absolute Gasteiger partial charge is 0.261 e. The highest BCUT2D eigenvalue weighted by Crippen LogP contribution is 2.07. The predicted molar refractivity (Wildman–Crippen MR) is 80.4 cm³/mol. The molecule has 6 nitrogen and oxygen atoms in total. The van der Waals surface area contributed by atoms with Gasteiger partial charge in [-0.25, -0.2) is 0 Å². The summed E-state index contributed by atoms with van der Waals surface area (Å²) in [6, 6.07) is 3.50. The molecule has 0 spiro atoms. The summed E-state index contributed by atoms with van der Waals surface area (Å²) in [6.45, 7) is 4.96. The van der Waals surface area contributed by atoms with Gasteiger partial charge in [0.2, 0.25) is 0 Å². The number of aromatic amines is 1. The number of H-pyrrole nitrogens is 1. The van der Waals surface area contributed by atoms with Crippen molar-refractivity contribution in [3.8, 4) is 0 Å². The van der Waals surface area contributed by atoms with Gasteiger partial charge in [-0.05, 0) is 31.0 Å². The van der Waals surface area contributed by atoms with Crippen LogP contribution >= 0.6 is 0 Å². The molecule has 0 radical (unpaired) electrons. The van der Waals surface area contributed by atoms with Gasteiger partial charge in [0.05, 0.1) is 6.54 Å². The minimum atomic E-state index is -0.326. The molecule has 1 amide bonds. The third-order valence-corrected chi connectivity index (χ3v) is 3.50. The summed E-state index contributed by atoms with van der Waals surface area (Å²) in [5.41, 5.74) is 1.66. The zero-order valence-corrected chi connectivity index (χ0v) is 12.6. The Bertz CT molecular complexity index is 673. The molecule has 0 aliphatic heterocycles. The van der Waals surface area contributed by atoms with Crippen LogP contribution in [0.2, 0.25) is 0 Å². The van der Waals surface area contributed by atoms with Crippen molar-refractivity contribution < 1.29 is 4.79 Å². The van der Waals surface area contributed by atoms with Crippen LogP contribution in [0.25, 0.3) is 0 Å². The molecule has 0 saturated carbocycles. The number of aryl methyl sites for hydroxylation is 2. The maximum atomic E-state index is 12.4. The molecule has 0 fully saturated rings. The van der Waals surface area contributed by atoms with Crippen LogP contribution in [-0.2, 0) is 13.0 Å². The summed E-state index contributed by atoms with van der Waals surface area (Å²) in [6.07, 6.45) is 4.27. The maximum absolute atomic E-state index is 12.4. The number of nitrogens with zero attached hydrogens (tertiary/aromatic N) is 3. The third-order valence-electron chi connectivity index (χ3n) is 3.50. The number of carbonyl (C=O) groups is 1. The molecule has 2 aromatic rings. The fraction of sp³-hybridized carbons (Fsp3) is 0.400. The zero-order chi connectivity index (χ0) is 15.4. The van der Waals surface area contributed by atoms with Crippen molar-refractivity contribution in [3.05, 3.63) is 51.7 Å². The van der Waals surface area contributed by atoms with E-state index >= 15 is 0 Å². The standard InChI is InChI=1S/C15H20N4O2/c1-4-13-11(2)10-12(14(20)17-13)15(21)18(3)8-9-19-7-5-6-16-19/h5-7,10H,4,8-9H2,1-3H3,(H,17,20).